The average Bonchev–Trinajstić information content (AvgIpc) is 3.50. The predicted octanol–water partition coefficient (Wildman–Crippen LogP) is 13.9. The number of aromatic nitrogens is 2. The van der Waals surface area contributed by atoms with Gasteiger partial charge >= 0.3 is 0 Å². The van der Waals surface area contributed by atoms with Crippen molar-refractivity contribution in [2.24, 2.45) is 0 Å². The maximum Gasteiger partial charge on any atom is 0.160 e. The first-order valence-electron chi connectivity index (χ1n) is 19.0. The molecule has 10 rings (SSSR count). The molecule has 0 bridgehead atoms. The number of benzene rings is 8. The quantitative estimate of drug-likeness (QED) is 0.172. The van der Waals surface area contributed by atoms with Gasteiger partial charge in [0.2, 0.25) is 0 Å². The summed E-state index contributed by atoms with van der Waals surface area (Å²) in [6.45, 7) is 4.62. The van der Waals surface area contributed by atoms with Crippen LogP contribution in [0.2, 0.25) is 0 Å². The Kier molecular flexibility index (Phi) is 7.85. The molecule has 0 atom stereocenters. The third-order valence-corrected chi connectivity index (χ3v) is 11.2. The van der Waals surface area contributed by atoms with E-state index in [4.69, 9.17) is 9.97 Å². The van der Waals surface area contributed by atoms with Gasteiger partial charge in [0.05, 0.1) is 11.4 Å². The zero-order chi connectivity index (χ0) is 36.9. The molecule has 0 aliphatic heterocycles. The molecule has 0 spiro atoms. The lowest BCUT2D eigenvalue weighted by molar-refractivity contribution is 0.636. The van der Waals surface area contributed by atoms with E-state index >= 15 is 0 Å². The van der Waals surface area contributed by atoms with Crippen molar-refractivity contribution in [2.45, 2.75) is 19.3 Å². The first-order chi connectivity index (χ1) is 27.0. The van der Waals surface area contributed by atoms with E-state index in [2.05, 4.69) is 208 Å². The van der Waals surface area contributed by atoms with E-state index in [1.54, 1.807) is 0 Å². The van der Waals surface area contributed by atoms with Crippen molar-refractivity contribution in [3.8, 4) is 78.3 Å². The monoisotopic (exact) mass is 702 g/mol. The second-order valence-corrected chi connectivity index (χ2v) is 15.0. The average molecular weight is 703 g/mol. The lowest BCUT2D eigenvalue weighted by Gasteiger charge is -2.21. The molecule has 2 heteroatoms. The largest absolute Gasteiger partial charge is 0.231 e. The van der Waals surface area contributed by atoms with Crippen LogP contribution in [0.3, 0.4) is 0 Å². The Morgan fingerprint density at radius 1 is 0.345 bits per heavy atom. The van der Waals surface area contributed by atoms with E-state index in [1.807, 2.05) is 0 Å². The van der Waals surface area contributed by atoms with E-state index < -0.39 is 0 Å². The smallest absolute Gasteiger partial charge is 0.160 e. The standard InChI is InChI=1S/C53H38N2/c1-53(2)47-30-29-37-19-9-10-28-46(37)48(47)49-50(44-26-13-24-42(33-44)40-22-11-20-38(31-40)35-15-5-3-6-16-35)54-52(55-51(49)53)45-27-14-25-43(34-45)41-23-12-21-39(32-41)36-17-7-4-8-18-36/h3-34H,1-2H3. The summed E-state index contributed by atoms with van der Waals surface area (Å²) in [5.41, 5.74) is 16.8. The van der Waals surface area contributed by atoms with E-state index in [-0.39, 0.29) is 5.41 Å². The minimum Gasteiger partial charge on any atom is -0.231 e. The Hall–Kier alpha value is -6.90. The summed E-state index contributed by atoms with van der Waals surface area (Å²) in [6.07, 6.45) is 0. The van der Waals surface area contributed by atoms with Crippen molar-refractivity contribution < 1.29 is 0 Å². The van der Waals surface area contributed by atoms with Gasteiger partial charge in [-0.15, -0.1) is 0 Å². The highest BCUT2D eigenvalue weighted by atomic mass is 14.9. The molecular weight excluding hydrogens is 665 g/mol. The van der Waals surface area contributed by atoms with Crippen molar-refractivity contribution in [1.29, 1.82) is 0 Å². The molecule has 0 N–H and O–H groups in total. The Balaban J connectivity index is 1.16. The first-order valence-corrected chi connectivity index (χ1v) is 19.0. The van der Waals surface area contributed by atoms with E-state index in [0.717, 1.165) is 50.6 Å². The molecule has 1 aromatic heterocycles. The molecule has 260 valence electrons. The third-order valence-electron chi connectivity index (χ3n) is 11.2. The zero-order valence-electron chi connectivity index (χ0n) is 30.9. The number of nitrogens with zero attached hydrogens (tertiary/aromatic N) is 2. The molecule has 55 heavy (non-hydrogen) atoms. The molecule has 9 aromatic rings. The summed E-state index contributed by atoms with van der Waals surface area (Å²) < 4.78 is 0. The highest BCUT2D eigenvalue weighted by Crippen LogP contribution is 2.54. The van der Waals surface area contributed by atoms with Gasteiger partial charge in [0, 0.05) is 22.1 Å². The van der Waals surface area contributed by atoms with Crippen LogP contribution in [-0.4, -0.2) is 9.97 Å². The molecule has 0 unspecified atom stereocenters. The van der Waals surface area contributed by atoms with Gasteiger partial charge in [-0.3, -0.25) is 0 Å². The van der Waals surface area contributed by atoms with Crippen molar-refractivity contribution in [3.05, 3.63) is 205 Å². The minimum absolute atomic E-state index is 0.329. The minimum atomic E-state index is -0.329. The molecule has 0 radical (unpaired) electrons. The van der Waals surface area contributed by atoms with Gasteiger partial charge in [-0.1, -0.05) is 184 Å². The summed E-state index contributed by atoms with van der Waals surface area (Å²) in [7, 11) is 0. The summed E-state index contributed by atoms with van der Waals surface area (Å²) in [5, 5.41) is 2.45. The first kappa shape index (κ1) is 32.7. The lowest BCUT2D eigenvalue weighted by atomic mass is 9.84. The second kappa shape index (κ2) is 13.2. The van der Waals surface area contributed by atoms with Crippen LogP contribution in [0, 0.1) is 0 Å². The molecule has 0 saturated heterocycles. The van der Waals surface area contributed by atoms with Gasteiger partial charge in [-0.25, -0.2) is 9.97 Å². The van der Waals surface area contributed by atoms with Crippen LogP contribution in [0.4, 0.5) is 0 Å². The Bertz CT molecular complexity index is 2890. The van der Waals surface area contributed by atoms with Crippen LogP contribution in [0.1, 0.15) is 25.1 Å². The molecule has 0 saturated carbocycles. The molecule has 1 aliphatic rings. The Morgan fingerprint density at radius 2 is 0.782 bits per heavy atom. The molecule has 0 amide bonds. The van der Waals surface area contributed by atoms with Gasteiger partial charge in [-0.2, -0.15) is 0 Å². The molecule has 2 nitrogen and oxygen atoms in total. The lowest BCUT2D eigenvalue weighted by Crippen LogP contribution is -2.17. The third kappa shape index (κ3) is 5.75. The van der Waals surface area contributed by atoms with Crippen LogP contribution < -0.4 is 0 Å². The predicted molar refractivity (Wildman–Crippen MR) is 230 cm³/mol. The molecule has 1 heterocycles. The van der Waals surface area contributed by atoms with E-state index in [1.165, 1.54) is 49.7 Å². The Morgan fingerprint density at radius 3 is 1.36 bits per heavy atom. The summed E-state index contributed by atoms with van der Waals surface area (Å²) in [4.78, 5) is 11.0. The fraction of sp³-hybridized carbons (Fsp3) is 0.0566. The van der Waals surface area contributed by atoms with Gasteiger partial charge < -0.3 is 0 Å². The maximum absolute atomic E-state index is 5.54. The van der Waals surface area contributed by atoms with Crippen molar-refractivity contribution in [2.75, 3.05) is 0 Å². The van der Waals surface area contributed by atoms with Crippen LogP contribution in [0.25, 0.3) is 89.1 Å². The van der Waals surface area contributed by atoms with Crippen LogP contribution >= 0.6 is 0 Å². The van der Waals surface area contributed by atoms with E-state index in [0.29, 0.717) is 0 Å². The SMILES string of the molecule is CC1(C)c2ccc3ccccc3c2-c2c(-c3cccc(-c4cccc(-c5ccccc5)c4)c3)nc(-c3cccc(-c4cccc(-c5ccccc5)c4)c3)nc21. The highest BCUT2D eigenvalue weighted by Gasteiger charge is 2.40. The number of hydrogen-bond donors (Lipinski definition) is 0. The van der Waals surface area contributed by atoms with Gasteiger partial charge in [0.15, 0.2) is 5.82 Å². The van der Waals surface area contributed by atoms with Crippen molar-refractivity contribution >= 4 is 10.8 Å². The highest BCUT2D eigenvalue weighted by molar-refractivity contribution is 6.05. The molecule has 1 aliphatic carbocycles. The van der Waals surface area contributed by atoms with Gasteiger partial charge in [0.1, 0.15) is 0 Å². The molecule has 0 fully saturated rings. The summed E-state index contributed by atoms with van der Waals surface area (Å²) in [5.74, 6) is 0.733. The number of fused-ring (bicyclic) bond motifs is 5. The molecular formula is C53H38N2. The molecule has 8 aromatic carbocycles. The van der Waals surface area contributed by atoms with Crippen molar-refractivity contribution in [3.63, 3.8) is 0 Å². The van der Waals surface area contributed by atoms with Crippen LogP contribution in [0.15, 0.2) is 194 Å². The fourth-order valence-electron chi connectivity index (χ4n) is 8.38. The number of hydrogen-bond acceptors (Lipinski definition) is 2. The van der Waals surface area contributed by atoms with E-state index in [9.17, 15) is 0 Å². The van der Waals surface area contributed by atoms with Crippen LogP contribution in [-0.2, 0) is 5.41 Å². The topological polar surface area (TPSA) is 25.8 Å². The van der Waals surface area contributed by atoms with Gasteiger partial charge in [0.25, 0.3) is 0 Å². The second-order valence-electron chi connectivity index (χ2n) is 15.0. The summed E-state index contributed by atoms with van der Waals surface area (Å²) in [6, 6.07) is 69.6. The maximum atomic E-state index is 5.54. The zero-order valence-corrected chi connectivity index (χ0v) is 30.9. The fourth-order valence-corrected chi connectivity index (χ4v) is 8.38. The van der Waals surface area contributed by atoms with Gasteiger partial charge in [-0.05, 0) is 90.7 Å². The summed E-state index contributed by atoms with van der Waals surface area (Å²) >= 11 is 0. The van der Waals surface area contributed by atoms with Crippen LogP contribution in [0.5, 0.6) is 0 Å². The van der Waals surface area contributed by atoms with Crippen molar-refractivity contribution in [1.82, 2.24) is 9.97 Å². The normalized spacial score (nSPS) is 12.7. The Labute approximate surface area is 322 Å². The number of rotatable bonds is 6.